The molecule has 1 unspecified atom stereocenters. The van der Waals surface area contributed by atoms with Crippen LogP contribution in [-0.4, -0.2) is 28.6 Å². The van der Waals surface area contributed by atoms with Gasteiger partial charge in [0.15, 0.2) is 5.82 Å². The van der Waals surface area contributed by atoms with Gasteiger partial charge in [0.2, 0.25) is 11.8 Å². The SMILES string of the molecule is Cc1noc(CNC(=O)C2CCCCCN2)n1. The Morgan fingerprint density at radius 2 is 2.41 bits per heavy atom. The molecule has 0 aromatic carbocycles. The topological polar surface area (TPSA) is 80.0 Å². The second-order valence-corrected chi connectivity index (χ2v) is 4.31. The number of amides is 1. The summed E-state index contributed by atoms with van der Waals surface area (Å²) in [6.45, 7) is 2.97. The number of rotatable bonds is 3. The van der Waals surface area contributed by atoms with Crippen molar-refractivity contribution in [3.8, 4) is 0 Å². The van der Waals surface area contributed by atoms with Crippen LogP contribution >= 0.6 is 0 Å². The highest BCUT2D eigenvalue weighted by molar-refractivity contribution is 5.81. The number of hydrogen-bond donors (Lipinski definition) is 2. The van der Waals surface area contributed by atoms with E-state index < -0.39 is 0 Å². The first-order chi connectivity index (χ1) is 8.25. The lowest BCUT2D eigenvalue weighted by Gasteiger charge is -2.14. The molecule has 1 amide bonds. The molecule has 2 heterocycles. The third kappa shape index (κ3) is 3.52. The third-order valence-corrected chi connectivity index (χ3v) is 2.86. The zero-order chi connectivity index (χ0) is 12.1. The molecule has 6 heteroatoms. The standard InChI is InChI=1S/C11H18N4O2/c1-8-14-10(17-15-8)7-13-11(16)9-5-3-2-4-6-12-9/h9,12H,2-7H2,1H3,(H,13,16). The van der Waals surface area contributed by atoms with E-state index in [2.05, 4.69) is 20.8 Å². The molecule has 0 aliphatic carbocycles. The molecule has 0 saturated carbocycles. The van der Waals surface area contributed by atoms with Crippen molar-refractivity contribution < 1.29 is 9.32 Å². The molecule has 1 aromatic heterocycles. The monoisotopic (exact) mass is 238 g/mol. The van der Waals surface area contributed by atoms with Gasteiger partial charge in [-0.2, -0.15) is 4.98 Å². The van der Waals surface area contributed by atoms with Crippen molar-refractivity contribution in [2.24, 2.45) is 0 Å². The van der Waals surface area contributed by atoms with E-state index in [0.29, 0.717) is 18.3 Å². The van der Waals surface area contributed by atoms with Gasteiger partial charge < -0.3 is 15.2 Å². The molecule has 0 bridgehead atoms. The smallest absolute Gasteiger partial charge is 0.246 e. The first-order valence-electron chi connectivity index (χ1n) is 6.06. The van der Waals surface area contributed by atoms with Gasteiger partial charge in [0, 0.05) is 0 Å². The van der Waals surface area contributed by atoms with E-state index in [9.17, 15) is 4.79 Å². The van der Waals surface area contributed by atoms with E-state index in [0.717, 1.165) is 25.8 Å². The lowest BCUT2D eigenvalue weighted by atomic mass is 10.1. The molecule has 2 rings (SSSR count). The Bertz CT molecular complexity index is 369. The van der Waals surface area contributed by atoms with Crippen LogP contribution in [0.5, 0.6) is 0 Å². The van der Waals surface area contributed by atoms with E-state index in [1.54, 1.807) is 6.92 Å². The maximum Gasteiger partial charge on any atom is 0.246 e. The van der Waals surface area contributed by atoms with Crippen molar-refractivity contribution in [1.82, 2.24) is 20.8 Å². The number of carbonyl (C=O) groups is 1. The van der Waals surface area contributed by atoms with Gasteiger partial charge in [-0.1, -0.05) is 18.0 Å². The van der Waals surface area contributed by atoms with Crippen LogP contribution in [0.25, 0.3) is 0 Å². The molecule has 2 N–H and O–H groups in total. The lowest BCUT2D eigenvalue weighted by molar-refractivity contribution is -0.123. The Morgan fingerprint density at radius 3 is 3.18 bits per heavy atom. The summed E-state index contributed by atoms with van der Waals surface area (Å²) in [5.41, 5.74) is 0. The molecule has 94 valence electrons. The molecule has 0 spiro atoms. The van der Waals surface area contributed by atoms with Gasteiger partial charge >= 0.3 is 0 Å². The summed E-state index contributed by atoms with van der Waals surface area (Å²) in [4.78, 5) is 15.9. The fourth-order valence-electron chi connectivity index (χ4n) is 1.95. The highest BCUT2D eigenvalue weighted by atomic mass is 16.5. The molecule has 0 radical (unpaired) electrons. The van der Waals surface area contributed by atoms with Gasteiger partial charge in [-0.05, 0) is 26.3 Å². The normalized spacial score (nSPS) is 20.9. The van der Waals surface area contributed by atoms with Crippen LogP contribution in [0.3, 0.4) is 0 Å². The average molecular weight is 238 g/mol. The molecule has 1 saturated heterocycles. The minimum absolute atomic E-state index is 0.0164. The van der Waals surface area contributed by atoms with Gasteiger partial charge in [-0.15, -0.1) is 0 Å². The van der Waals surface area contributed by atoms with Crippen LogP contribution in [-0.2, 0) is 11.3 Å². The van der Waals surface area contributed by atoms with Gasteiger partial charge in [-0.25, -0.2) is 0 Å². The average Bonchev–Trinajstić information content (AvgIpc) is 2.58. The lowest BCUT2D eigenvalue weighted by Crippen LogP contribution is -2.43. The zero-order valence-corrected chi connectivity index (χ0v) is 10.0. The second-order valence-electron chi connectivity index (χ2n) is 4.31. The highest BCUT2D eigenvalue weighted by Crippen LogP contribution is 2.08. The number of carbonyl (C=O) groups excluding carboxylic acids is 1. The van der Waals surface area contributed by atoms with Crippen LogP contribution in [0.15, 0.2) is 4.52 Å². The summed E-state index contributed by atoms with van der Waals surface area (Å²) < 4.78 is 4.93. The van der Waals surface area contributed by atoms with E-state index >= 15 is 0 Å². The van der Waals surface area contributed by atoms with Gasteiger partial charge in [0.05, 0.1) is 12.6 Å². The van der Waals surface area contributed by atoms with Crippen molar-refractivity contribution >= 4 is 5.91 Å². The van der Waals surface area contributed by atoms with Crippen LogP contribution < -0.4 is 10.6 Å². The molecule has 6 nitrogen and oxygen atoms in total. The maximum absolute atomic E-state index is 11.9. The van der Waals surface area contributed by atoms with Crippen LogP contribution in [0.2, 0.25) is 0 Å². The Morgan fingerprint density at radius 1 is 1.53 bits per heavy atom. The van der Waals surface area contributed by atoms with Gasteiger partial charge in [0.25, 0.3) is 0 Å². The highest BCUT2D eigenvalue weighted by Gasteiger charge is 2.19. The van der Waals surface area contributed by atoms with Gasteiger partial charge in [-0.3, -0.25) is 4.79 Å². The van der Waals surface area contributed by atoms with Crippen LogP contribution in [0, 0.1) is 6.92 Å². The number of aromatic nitrogens is 2. The summed E-state index contributed by atoms with van der Waals surface area (Å²) in [5.74, 6) is 1.05. The van der Waals surface area contributed by atoms with Crippen molar-refractivity contribution in [2.45, 2.75) is 45.2 Å². The predicted octanol–water partition coefficient (Wildman–Crippen LogP) is 0.526. The molecular formula is C11H18N4O2. The maximum atomic E-state index is 11.9. The molecule has 1 aliphatic heterocycles. The summed E-state index contributed by atoms with van der Waals surface area (Å²) in [6, 6.07) is -0.0819. The summed E-state index contributed by atoms with van der Waals surface area (Å²) in [7, 11) is 0. The number of hydrogen-bond acceptors (Lipinski definition) is 5. The van der Waals surface area contributed by atoms with Crippen LogP contribution in [0.1, 0.15) is 37.4 Å². The minimum atomic E-state index is -0.0819. The first-order valence-corrected chi connectivity index (χ1v) is 6.06. The fraction of sp³-hybridized carbons (Fsp3) is 0.727. The molecule has 17 heavy (non-hydrogen) atoms. The first kappa shape index (κ1) is 12.0. The Balaban J connectivity index is 1.79. The van der Waals surface area contributed by atoms with Crippen molar-refractivity contribution in [3.05, 3.63) is 11.7 Å². The zero-order valence-electron chi connectivity index (χ0n) is 10.0. The predicted molar refractivity (Wildman–Crippen MR) is 61.1 cm³/mol. The second kappa shape index (κ2) is 5.77. The Labute approximate surface area is 100 Å². The van der Waals surface area contributed by atoms with Crippen molar-refractivity contribution in [2.75, 3.05) is 6.54 Å². The molecule has 1 atom stereocenters. The summed E-state index contributed by atoms with van der Waals surface area (Å²) >= 11 is 0. The minimum Gasteiger partial charge on any atom is -0.346 e. The van der Waals surface area contributed by atoms with E-state index in [1.165, 1.54) is 6.42 Å². The fourth-order valence-corrected chi connectivity index (χ4v) is 1.95. The number of nitrogens with one attached hydrogen (secondary N) is 2. The summed E-state index contributed by atoms with van der Waals surface area (Å²) in [5, 5.41) is 9.73. The van der Waals surface area contributed by atoms with Crippen molar-refractivity contribution in [3.63, 3.8) is 0 Å². The van der Waals surface area contributed by atoms with Crippen molar-refractivity contribution in [1.29, 1.82) is 0 Å². The summed E-state index contributed by atoms with van der Waals surface area (Å²) in [6.07, 6.45) is 4.34. The Kier molecular flexibility index (Phi) is 4.08. The van der Waals surface area contributed by atoms with E-state index in [4.69, 9.17) is 4.52 Å². The molecule has 1 aromatic rings. The van der Waals surface area contributed by atoms with E-state index in [1.807, 2.05) is 0 Å². The molecule has 1 aliphatic rings. The Hall–Kier alpha value is -1.43. The molecular weight excluding hydrogens is 220 g/mol. The van der Waals surface area contributed by atoms with Gasteiger partial charge in [0.1, 0.15) is 0 Å². The third-order valence-electron chi connectivity index (χ3n) is 2.86. The number of nitrogens with zero attached hydrogens (tertiary/aromatic N) is 2. The van der Waals surface area contributed by atoms with E-state index in [-0.39, 0.29) is 11.9 Å². The quantitative estimate of drug-likeness (QED) is 0.802. The van der Waals surface area contributed by atoms with Crippen LogP contribution in [0.4, 0.5) is 0 Å². The number of aryl methyl sites for hydroxylation is 1. The molecule has 1 fully saturated rings. The largest absolute Gasteiger partial charge is 0.346 e.